The number of unbranched alkanes of at least 4 members (excludes halogenated alkanes) is 6. The van der Waals surface area contributed by atoms with E-state index in [0.29, 0.717) is 6.42 Å². The van der Waals surface area contributed by atoms with Crippen LogP contribution < -0.4 is 10.6 Å². The third kappa shape index (κ3) is 5.81. The van der Waals surface area contributed by atoms with E-state index in [1.807, 2.05) is 36.4 Å². The standard InChI is InChI=1S/C27H35O3P/c1-2-3-4-5-6-7-14-20-26-25(23-16-10-8-11-17-23)21-15-22-27(26)31(28,29,30)24-18-12-9-13-19-24/h8-13,15-19,21-22,28-30H,2-7,14,20H2,1H3. The van der Waals surface area contributed by atoms with Gasteiger partial charge in [0.1, 0.15) is 0 Å². The van der Waals surface area contributed by atoms with Crippen molar-refractivity contribution < 1.29 is 14.7 Å². The molecule has 3 aromatic carbocycles. The maximum absolute atomic E-state index is 11.3. The zero-order valence-electron chi connectivity index (χ0n) is 18.5. The molecule has 0 saturated heterocycles. The van der Waals surface area contributed by atoms with Crippen molar-refractivity contribution in [1.29, 1.82) is 0 Å². The third-order valence-corrected chi connectivity index (χ3v) is 8.50. The molecular formula is C27H35O3P. The van der Waals surface area contributed by atoms with Crippen molar-refractivity contribution >= 4 is 17.9 Å². The minimum atomic E-state index is -5.25. The number of benzene rings is 3. The van der Waals surface area contributed by atoms with Crippen LogP contribution in [0.3, 0.4) is 0 Å². The summed E-state index contributed by atoms with van der Waals surface area (Å²) in [5.41, 5.74) is 2.80. The van der Waals surface area contributed by atoms with E-state index in [1.165, 1.54) is 32.1 Å². The molecule has 3 aromatic rings. The van der Waals surface area contributed by atoms with E-state index >= 15 is 0 Å². The van der Waals surface area contributed by atoms with Gasteiger partial charge in [-0.3, -0.25) is 0 Å². The Balaban J connectivity index is 1.96. The van der Waals surface area contributed by atoms with E-state index in [9.17, 15) is 14.7 Å². The Labute approximate surface area is 186 Å². The van der Waals surface area contributed by atoms with Crippen molar-refractivity contribution in [3.05, 3.63) is 84.4 Å². The Kier molecular flexibility index (Phi) is 8.02. The first-order chi connectivity index (χ1) is 14.9. The van der Waals surface area contributed by atoms with Crippen LogP contribution in [0.25, 0.3) is 11.1 Å². The Morgan fingerprint density at radius 1 is 0.613 bits per heavy atom. The second-order valence-corrected chi connectivity index (χ2v) is 11.3. The van der Waals surface area contributed by atoms with Crippen molar-refractivity contribution in [3.8, 4) is 11.1 Å². The van der Waals surface area contributed by atoms with Gasteiger partial charge < -0.3 is 0 Å². The maximum atomic E-state index is 11.3. The molecule has 3 nitrogen and oxygen atoms in total. The zero-order valence-corrected chi connectivity index (χ0v) is 19.3. The predicted molar refractivity (Wildman–Crippen MR) is 133 cm³/mol. The van der Waals surface area contributed by atoms with Gasteiger partial charge in [0.15, 0.2) is 0 Å². The van der Waals surface area contributed by atoms with Crippen LogP contribution in [0.2, 0.25) is 0 Å². The van der Waals surface area contributed by atoms with Gasteiger partial charge in [-0.15, -0.1) is 0 Å². The van der Waals surface area contributed by atoms with E-state index in [4.69, 9.17) is 0 Å². The van der Waals surface area contributed by atoms with Crippen LogP contribution in [0, 0.1) is 0 Å². The summed E-state index contributed by atoms with van der Waals surface area (Å²) >= 11 is 0. The van der Waals surface area contributed by atoms with E-state index in [-0.39, 0.29) is 10.6 Å². The molecule has 0 atom stereocenters. The summed E-state index contributed by atoms with van der Waals surface area (Å²) in [4.78, 5) is 33.9. The molecule has 4 heteroatoms. The number of hydrogen-bond acceptors (Lipinski definition) is 3. The van der Waals surface area contributed by atoms with E-state index in [0.717, 1.165) is 29.5 Å². The minimum absolute atomic E-state index is 0.166. The Morgan fingerprint density at radius 3 is 1.84 bits per heavy atom. The van der Waals surface area contributed by atoms with E-state index < -0.39 is 7.28 Å². The van der Waals surface area contributed by atoms with Gasteiger partial charge in [-0.1, -0.05) is 0 Å². The van der Waals surface area contributed by atoms with Crippen molar-refractivity contribution in [2.45, 2.75) is 58.3 Å². The van der Waals surface area contributed by atoms with Crippen LogP contribution in [0.15, 0.2) is 78.9 Å². The summed E-state index contributed by atoms with van der Waals surface area (Å²) in [6.07, 6.45) is 8.96. The second-order valence-electron chi connectivity index (χ2n) is 8.36. The van der Waals surface area contributed by atoms with Crippen molar-refractivity contribution in [2.75, 3.05) is 0 Å². The van der Waals surface area contributed by atoms with Gasteiger partial charge >= 0.3 is 186 Å². The molecule has 31 heavy (non-hydrogen) atoms. The normalized spacial score (nSPS) is 13.0. The van der Waals surface area contributed by atoms with E-state index in [2.05, 4.69) is 6.92 Å². The molecular weight excluding hydrogens is 403 g/mol. The summed E-state index contributed by atoms with van der Waals surface area (Å²) in [6, 6.07) is 23.9. The van der Waals surface area contributed by atoms with Crippen LogP contribution in [0.1, 0.15) is 57.4 Å². The van der Waals surface area contributed by atoms with Crippen LogP contribution in [0.5, 0.6) is 0 Å². The quantitative estimate of drug-likeness (QED) is 0.259. The molecule has 0 unspecified atom stereocenters. The summed E-state index contributed by atoms with van der Waals surface area (Å²) in [5, 5.41) is 0.420. The number of hydrogen-bond donors (Lipinski definition) is 3. The first-order valence-corrected chi connectivity index (χ1v) is 13.5. The summed E-state index contributed by atoms with van der Waals surface area (Å²) < 4.78 is 0. The second kappa shape index (κ2) is 10.5. The van der Waals surface area contributed by atoms with Gasteiger partial charge in [-0.2, -0.15) is 0 Å². The molecule has 166 valence electrons. The molecule has 0 aliphatic carbocycles. The van der Waals surface area contributed by atoms with Crippen molar-refractivity contribution in [2.24, 2.45) is 0 Å². The molecule has 0 bridgehead atoms. The molecule has 0 radical (unpaired) electrons. The average Bonchev–Trinajstić information content (AvgIpc) is 2.79. The van der Waals surface area contributed by atoms with Crippen LogP contribution in [-0.2, 0) is 6.42 Å². The molecule has 0 aromatic heterocycles. The SMILES string of the molecule is CCCCCCCCCc1c(-c2ccccc2)cccc1P(O)(O)(O)c1ccccc1. The fourth-order valence-corrected chi connectivity index (χ4v) is 6.30. The molecule has 3 N–H and O–H groups in total. The zero-order chi connectivity index (χ0) is 22.2. The van der Waals surface area contributed by atoms with Crippen molar-refractivity contribution in [3.63, 3.8) is 0 Å². The van der Waals surface area contributed by atoms with Crippen LogP contribution in [-0.4, -0.2) is 14.7 Å². The summed E-state index contributed by atoms with van der Waals surface area (Å²) in [7, 11) is -5.25. The van der Waals surface area contributed by atoms with Gasteiger partial charge in [0.2, 0.25) is 0 Å². The molecule has 0 heterocycles. The molecule has 0 fully saturated rings. The molecule has 0 aliphatic heterocycles. The summed E-state index contributed by atoms with van der Waals surface area (Å²) in [5.74, 6) is 0. The Hall–Kier alpha value is -2.03. The third-order valence-electron chi connectivity index (χ3n) is 5.94. The van der Waals surface area contributed by atoms with Gasteiger partial charge in [-0.25, -0.2) is 0 Å². The number of rotatable bonds is 11. The van der Waals surface area contributed by atoms with Gasteiger partial charge in [-0.05, 0) is 0 Å². The fourth-order valence-electron chi connectivity index (χ4n) is 4.21. The molecule has 0 amide bonds. The fraction of sp³-hybridized carbons (Fsp3) is 0.333. The van der Waals surface area contributed by atoms with Gasteiger partial charge in [0, 0.05) is 0 Å². The van der Waals surface area contributed by atoms with Gasteiger partial charge in [0.25, 0.3) is 0 Å². The van der Waals surface area contributed by atoms with Gasteiger partial charge in [0.05, 0.1) is 0 Å². The summed E-state index contributed by atoms with van der Waals surface area (Å²) in [6.45, 7) is 2.22. The Bertz CT molecular complexity index is 946. The molecule has 3 rings (SSSR count). The first kappa shape index (κ1) is 23.6. The average molecular weight is 439 g/mol. The van der Waals surface area contributed by atoms with Crippen LogP contribution in [0.4, 0.5) is 0 Å². The van der Waals surface area contributed by atoms with Crippen LogP contribution >= 0.6 is 7.28 Å². The first-order valence-electron chi connectivity index (χ1n) is 11.4. The topological polar surface area (TPSA) is 60.7 Å². The molecule has 0 aliphatic rings. The molecule has 0 spiro atoms. The van der Waals surface area contributed by atoms with Crippen molar-refractivity contribution in [1.82, 2.24) is 0 Å². The monoisotopic (exact) mass is 438 g/mol. The molecule has 0 saturated carbocycles. The predicted octanol–water partition coefficient (Wildman–Crippen LogP) is 5.87. The van der Waals surface area contributed by atoms with E-state index in [1.54, 1.807) is 42.5 Å². The Morgan fingerprint density at radius 2 is 1.19 bits per heavy atom.